The highest BCUT2D eigenvalue weighted by atomic mass is 35.5. The maximum atomic E-state index is 12.5. The summed E-state index contributed by atoms with van der Waals surface area (Å²) in [5.74, 6) is 1.01. The lowest BCUT2D eigenvalue weighted by Gasteiger charge is -2.09. The maximum absolute atomic E-state index is 12.5. The minimum atomic E-state index is -0.333. The number of aryl methyl sites for hydroxylation is 1. The van der Waals surface area contributed by atoms with Crippen LogP contribution in [-0.4, -0.2) is 23.2 Å². The zero-order valence-electron chi connectivity index (χ0n) is 12.3. The molecule has 0 spiro atoms. The van der Waals surface area contributed by atoms with Crippen LogP contribution in [0.3, 0.4) is 0 Å². The van der Waals surface area contributed by atoms with Crippen LogP contribution in [0.15, 0.2) is 34.2 Å². The number of benzene rings is 1. The molecule has 0 aliphatic rings. The first kappa shape index (κ1) is 15.5. The molecule has 6 nitrogen and oxygen atoms in total. The van der Waals surface area contributed by atoms with Gasteiger partial charge in [0.1, 0.15) is 10.6 Å². The van der Waals surface area contributed by atoms with Crippen molar-refractivity contribution >= 4 is 34.5 Å². The summed E-state index contributed by atoms with van der Waals surface area (Å²) in [6.45, 7) is 1.73. The van der Waals surface area contributed by atoms with Crippen molar-refractivity contribution in [3.63, 3.8) is 0 Å². The molecule has 1 aromatic carbocycles. The second kappa shape index (κ2) is 6.39. The fourth-order valence-corrected chi connectivity index (χ4v) is 2.95. The van der Waals surface area contributed by atoms with E-state index in [4.69, 9.17) is 20.9 Å². The molecule has 3 rings (SSSR count). The molecule has 1 N–H and O–H groups in total. The smallest absolute Gasteiger partial charge is 0.270 e. The van der Waals surface area contributed by atoms with Gasteiger partial charge >= 0.3 is 0 Å². The Labute approximate surface area is 141 Å². The van der Waals surface area contributed by atoms with E-state index in [-0.39, 0.29) is 5.91 Å². The van der Waals surface area contributed by atoms with Crippen molar-refractivity contribution in [3.8, 4) is 16.5 Å². The van der Waals surface area contributed by atoms with Crippen LogP contribution in [0.5, 0.6) is 5.75 Å². The van der Waals surface area contributed by atoms with Gasteiger partial charge in [-0.2, -0.15) is 4.98 Å². The number of hydrogen-bond donors (Lipinski definition) is 1. The van der Waals surface area contributed by atoms with Gasteiger partial charge < -0.3 is 14.6 Å². The highest BCUT2D eigenvalue weighted by Gasteiger charge is 2.18. The van der Waals surface area contributed by atoms with Gasteiger partial charge in [0.25, 0.3) is 11.8 Å². The molecule has 0 atom stereocenters. The van der Waals surface area contributed by atoms with Gasteiger partial charge in [0, 0.05) is 5.02 Å². The van der Waals surface area contributed by atoms with E-state index in [9.17, 15) is 4.79 Å². The normalized spacial score (nSPS) is 10.6. The van der Waals surface area contributed by atoms with E-state index >= 15 is 0 Å². The summed E-state index contributed by atoms with van der Waals surface area (Å²) >= 11 is 7.36. The summed E-state index contributed by atoms with van der Waals surface area (Å²) in [5, 5.41) is 8.87. The summed E-state index contributed by atoms with van der Waals surface area (Å²) in [6, 6.07) is 6.63. The van der Waals surface area contributed by atoms with E-state index in [0.29, 0.717) is 38.6 Å². The largest absolute Gasteiger partial charge is 0.496 e. The Kier molecular flexibility index (Phi) is 4.31. The zero-order valence-corrected chi connectivity index (χ0v) is 13.9. The number of nitrogens with one attached hydrogen (secondary N) is 1. The number of anilines is 1. The first-order valence-corrected chi connectivity index (χ1v) is 7.87. The predicted octanol–water partition coefficient (Wildman–Crippen LogP) is 4.02. The van der Waals surface area contributed by atoms with Gasteiger partial charge in [0.05, 0.1) is 18.4 Å². The van der Waals surface area contributed by atoms with Gasteiger partial charge in [-0.1, -0.05) is 16.8 Å². The number of aromatic nitrogens is 2. The molecular formula is C15H12ClN3O3S. The van der Waals surface area contributed by atoms with Crippen molar-refractivity contribution in [3.05, 3.63) is 46.1 Å². The third-order valence-electron chi connectivity index (χ3n) is 3.04. The van der Waals surface area contributed by atoms with Crippen molar-refractivity contribution in [1.82, 2.24) is 10.1 Å². The monoisotopic (exact) mass is 349 g/mol. The summed E-state index contributed by atoms with van der Waals surface area (Å²) in [5.41, 5.74) is 0.935. The highest BCUT2D eigenvalue weighted by Crippen LogP contribution is 2.33. The Balaban J connectivity index is 1.90. The SMILES string of the molecule is COc1ccc(Cl)cc1C(=O)Nc1ccsc1-c1nc(C)no1. The fraction of sp³-hybridized carbons (Fsp3) is 0.133. The molecule has 2 aromatic heterocycles. The van der Waals surface area contributed by atoms with E-state index in [0.717, 1.165) is 0 Å². The molecule has 0 aliphatic heterocycles. The first-order chi connectivity index (χ1) is 11.1. The topological polar surface area (TPSA) is 77.2 Å². The summed E-state index contributed by atoms with van der Waals surface area (Å²) in [6.07, 6.45) is 0. The highest BCUT2D eigenvalue weighted by molar-refractivity contribution is 7.14. The molecule has 0 aliphatic carbocycles. The number of ether oxygens (including phenoxy) is 1. The lowest BCUT2D eigenvalue weighted by atomic mass is 10.2. The molecule has 8 heteroatoms. The molecule has 0 fully saturated rings. The Morgan fingerprint density at radius 1 is 1.39 bits per heavy atom. The van der Waals surface area contributed by atoms with Crippen LogP contribution in [0.4, 0.5) is 5.69 Å². The molecule has 0 bridgehead atoms. The van der Waals surface area contributed by atoms with Crippen LogP contribution in [0, 0.1) is 6.92 Å². The Hall–Kier alpha value is -2.38. The number of halogens is 1. The van der Waals surface area contributed by atoms with Crippen LogP contribution < -0.4 is 10.1 Å². The quantitative estimate of drug-likeness (QED) is 0.769. The number of rotatable bonds is 4. The average Bonchev–Trinajstić information content (AvgIpc) is 3.15. The average molecular weight is 350 g/mol. The summed E-state index contributed by atoms with van der Waals surface area (Å²) in [7, 11) is 1.50. The van der Waals surface area contributed by atoms with Gasteiger partial charge in [-0.05, 0) is 36.6 Å². The zero-order chi connectivity index (χ0) is 16.4. The summed E-state index contributed by atoms with van der Waals surface area (Å²) < 4.78 is 10.4. The third-order valence-corrected chi connectivity index (χ3v) is 4.18. The molecular weight excluding hydrogens is 338 g/mol. The number of nitrogens with zero attached hydrogens (tertiary/aromatic N) is 2. The van der Waals surface area contributed by atoms with Crippen LogP contribution in [0.2, 0.25) is 5.02 Å². The number of hydrogen-bond acceptors (Lipinski definition) is 6. The van der Waals surface area contributed by atoms with Crippen molar-refractivity contribution in [2.24, 2.45) is 0 Å². The number of carbonyl (C=O) groups excluding carboxylic acids is 1. The van der Waals surface area contributed by atoms with Gasteiger partial charge in [0.15, 0.2) is 5.82 Å². The second-order valence-electron chi connectivity index (χ2n) is 4.61. The molecule has 0 radical (unpaired) electrons. The van der Waals surface area contributed by atoms with Crippen LogP contribution in [-0.2, 0) is 0 Å². The van der Waals surface area contributed by atoms with Crippen molar-refractivity contribution in [1.29, 1.82) is 0 Å². The van der Waals surface area contributed by atoms with Crippen molar-refractivity contribution in [2.75, 3.05) is 12.4 Å². The fourth-order valence-electron chi connectivity index (χ4n) is 2.01. The molecule has 0 saturated carbocycles. The number of methoxy groups -OCH3 is 1. The predicted molar refractivity (Wildman–Crippen MR) is 88.3 cm³/mol. The van der Waals surface area contributed by atoms with Gasteiger partial charge in [-0.3, -0.25) is 4.79 Å². The number of amides is 1. The number of carbonyl (C=O) groups is 1. The maximum Gasteiger partial charge on any atom is 0.270 e. The van der Waals surface area contributed by atoms with Gasteiger partial charge in [-0.25, -0.2) is 0 Å². The first-order valence-electron chi connectivity index (χ1n) is 6.61. The Bertz CT molecular complexity index is 859. The van der Waals surface area contributed by atoms with Crippen LogP contribution in [0.1, 0.15) is 16.2 Å². The summed E-state index contributed by atoms with van der Waals surface area (Å²) in [4.78, 5) is 17.4. The molecule has 118 valence electrons. The van der Waals surface area contributed by atoms with E-state index in [2.05, 4.69) is 15.5 Å². The minimum Gasteiger partial charge on any atom is -0.496 e. The second-order valence-corrected chi connectivity index (χ2v) is 5.96. The molecule has 0 unspecified atom stereocenters. The van der Waals surface area contributed by atoms with E-state index in [1.165, 1.54) is 18.4 Å². The van der Waals surface area contributed by atoms with E-state index < -0.39 is 0 Å². The molecule has 0 saturated heterocycles. The van der Waals surface area contributed by atoms with Crippen molar-refractivity contribution in [2.45, 2.75) is 6.92 Å². The molecule has 1 amide bonds. The minimum absolute atomic E-state index is 0.333. The molecule has 2 heterocycles. The number of thiophene rings is 1. The standard InChI is InChI=1S/C15H12ClN3O3S/c1-8-17-15(22-19-8)13-11(5-6-23-13)18-14(20)10-7-9(16)3-4-12(10)21-2/h3-7H,1-2H3,(H,18,20). The van der Waals surface area contributed by atoms with Crippen LogP contribution in [0.25, 0.3) is 10.8 Å². The lowest BCUT2D eigenvalue weighted by Crippen LogP contribution is -2.13. The molecule has 23 heavy (non-hydrogen) atoms. The van der Waals surface area contributed by atoms with Gasteiger partial charge in [-0.15, -0.1) is 11.3 Å². The molecule has 3 aromatic rings. The Morgan fingerprint density at radius 3 is 2.91 bits per heavy atom. The van der Waals surface area contributed by atoms with Crippen molar-refractivity contribution < 1.29 is 14.1 Å². The van der Waals surface area contributed by atoms with E-state index in [1.54, 1.807) is 31.2 Å². The lowest BCUT2D eigenvalue weighted by molar-refractivity contribution is 0.102. The third kappa shape index (κ3) is 3.20. The van der Waals surface area contributed by atoms with Gasteiger partial charge in [0.2, 0.25) is 0 Å². The van der Waals surface area contributed by atoms with E-state index in [1.807, 2.05) is 5.38 Å². The van der Waals surface area contributed by atoms with Crippen LogP contribution >= 0.6 is 22.9 Å². The Morgan fingerprint density at radius 2 is 2.22 bits per heavy atom.